The monoisotopic (exact) mass is 241 g/mol. The molecule has 0 spiro atoms. The molecule has 1 aromatic carbocycles. The number of rotatable bonds is 5. The maximum absolute atomic E-state index is 5.78. The fraction of sp³-hybridized carbons (Fsp3) is 0.267. The van der Waals surface area contributed by atoms with Crippen molar-refractivity contribution >= 4 is 5.69 Å². The van der Waals surface area contributed by atoms with Gasteiger partial charge in [0.25, 0.3) is 0 Å². The van der Waals surface area contributed by atoms with E-state index in [1.165, 1.54) is 16.8 Å². The van der Waals surface area contributed by atoms with E-state index in [0.29, 0.717) is 6.54 Å². The number of nitrogens with two attached hydrogens (primary N) is 1. The molecular weight excluding hydrogens is 222 g/mol. The van der Waals surface area contributed by atoms with Crippen molar-refractivity contribution in [3.8, 4) is 0 Å². The fourth-order valence-corrected chi connectivity index (χ4v) is 2.06. The fourth-order valence-electron chi connectivity index (χ4n) is 2.06. The Morgan fingerprint density at radius 3 is 2.33 bits per heavy atom. The molecule has 3 heteroatoms. The van der Waals surface area contributed by atoms with Crippen molar-refractivity contribution in [2.24, 2.45) is 5.73 Å². The highest BCUT2D eigenvalue weighted by molar-refractivity contribution is 5.46. The van der Waals surface area contributed by atoms with Crippen LogP contribution in [0.25, 0.3) is 0 Å². The number of hydrogen-bond donors (Lipinski definition) is 1. The van der Waals surface area contributed by atoms with Gasteiger partial charge < -0.3 is 10.6 Å². The molecule has 18 heavy (non-hydrogen) atoms. The van der Waals surface area contributed by atoms with Crippen molar-refractivity contribution in [3.05, 3.63) is 59.9 Å². The summed E-state index contributed by atoms with van der Waals surface area (Å²) in [4.78, 5) is 6.37. The second-order valence-corrected chi connectivity index (χ2v) is 4.19. The van der Waals surface area contributed by atoms with E-state index in [9.17, 15) is 0 Å². The predicted octanol–water partition coefficient (Wildman–Crippen LogP) is 2.57. The zero-order chi connectivity index (χ0) is 12.8. The van der Waals surface area contributed by atoms with Gasteiger partial charge in [0.05, 0.1) is 0 Å². The zero-order valence-corrected chi connectivity index (χ0v) is 10.7. The van der Waals surface area contributed by atoms with Gasteiger partial charge in [0.15, 0.2) is 0 Å². The van der Waals surface area contributed by atoms with Crippen molar-refractivity contribution in [1.29, 1.82) is 0 Å². The van der Waals surface area contributed by atoms with Crippen LogP contribution in [0.1, 0.15) is 18.1 Å². The van der Waals surface area contributed by atoms with Gasteiger partial charge in [0.2, 0.25) is 0 Å². The van der Waals surface area contributed by atoms with Gasteiger partial charge in [0, 0.05) is 37.7 Å². The van der Waals surface area contributed by atoms with Crippen LogP contribution in [0.3, 0.4) is 0 Å². The SMILES string of the molecule is CCN(Cc1ccccc1CN)c1ccncc1. The summed E-state index contributed by atoms with van der Waals surface area (Å²) in [5, 5.41) is 0. The Morgan fingerprint density at radius 1 is 1.06 bits per heavy atom. The molecule has 0 radical (unpaired) electrons. The van der Waals surface area contributed by atoms with Crippen LogP contribution < -0.4 is 10.6 Å². The Kier molecular flexibility index (Phi) is 4.31. The van der Waals surface area contributed by atoms with Crippen molar-refractivity contribution in [2.45, 2.75) is 20.0 Å². The molecule has 3 nitrogen and oxygen atoms in total. The lowest BCUT2D eigenvalue weighted by Gasteiger charge is -2.24. The molecule has 0 fully saturated rings. The molecule has 0 aliphatic carbocycles. The second kappa shape index (κ2) is 6.17. The first kappa shape index (κ1) is 12.6. The van der Waals surface area contributed by atoms with Gasteiger partial charge in [-0.05, 0) is 30.2 Å². The van der Waals surface area contributed by atoms with Gasteiger partial charge in [-0.15, -0.1) is 0 Å². The van der Waals surface area contributed by atoms with E-state index in [2.05, 4.69) is 35.0 Å². The molecule has 2 aromatic rings. The van der Waals surface area contributed by atoms with Gasteiger partial charge in [-0.2, -0.15) is 0 Å². The first-order valence-corrected chi connectivity index (χ1v) is 6.27. The van der Waals surface area contributed by atoms with Crippen LogP contribution in [0.15, 0.2) is 48.8 Å². The van der Waals surface area contributed by atoms with Crippen molar-refractivity contribution in [1.82, 2.24) is 4.98 Å². The quantitative estimate of drug-likeness (QED) is 0.874. The third-order valence-electron chi connectivity index (χ3n) is 3.11. The molecule has 0 saturated heterocycles. The molecule has 94 valence electrons. The molecule has 0 bridgehead atoms. The second-order valence-electron chi connectivity index (χ2n) is 4.19. The van der Waals surface area contributed by atoms with Gasteiger partial charge >= 0.3 is 0 Å². The van der Waals surface area contributed by atoms with E-state index in [1.807, 2.05) is 30.6 Å². The molecular formula is C15H19N3. The Bertz CT molecular complexity index is 482. The summed E-state index contributed by atoms with van der Waals surface area (Å²) in [6.07, 6.45) is 3.65. The highest BCUT2D eigenvalue weighted by Gasteiger charge is 2.07. The molecule has 0 aliphatic rings. The average molecular weight is 241 g/mol. The highest BCUT2D eigenvalue weighted by Crippen LogP contribution is 2.17. The lowest BCUT2D eigenvalue weighted by molar-refractivity contribution is 0.818. The molecule has 0 unspecified atom stereocenters. The Labute approximate surface area is 108 Å². The number of anilines is 1. The van der Waals surface area contributed by atoms with Crippen LogP contribution >= 0.6 is 0 Å². The van der Waals surface area contributed by atoms with Crippen LogP contribution in [-0.4, -0.2) is 11.5 Å². The van der Waals surface area contributed by atoms with Gasteiger partial charge in [0.1, 0.15) is 0 Å². The van der Waals surface area contributed by atoms with Crippen molar-refractivity contribution in [3.63, 3.8) is 0 Å². The van der Waals surface area contributed by atoms with Crippen LogP contribution in [0.2, 0.25) is 0 Å². The van der Waals surface area contributed by atoms with Gasteiger partial charge in [-0.3, -0.25) is 4.98 Å². The molecule has 1 heterocycles. The molecule has 0 saturated carbocycles. The minimum absolute atomic E-state index is 0.587. The lowest BCUT2D eigenvalue weighted by Crippen LogP contribution is -2.23. The summed E-state index contributed by atoms with van der Waals surface area (Å²) in [6, 6.07) is 12.4. The molecule has 2 N–H and O–H groups in total. The molecule has 1 aromatic heterocycles. The molecule has 2 rings (SSSR count). The third kappa shape index (κ3) is 2.87. The summed E-state index contributed by atoms with van der Waals surface area (Å²) in [5.74, 6) is 0. The van der Waals surface area contributed by atoms with Gasteiger partial charge in [-0.25, -0.2) is 0 Å². The molecule has 0 atom stereocenters. The number of benzene rings is 1. The van der Waals surface area contributed by atoms with Crippen LogP contribution in [0.4, 0.5) is 5.69 Å². The number of nitrogens with zero attached hydrogens (tertiary/aromatic N) is 2. The Hall–Kier alpha value is -1.87. The van der Waals surface area contributed by atoms with Crippen molar-refractivity contribution in [2.75, 3.05) is 11.4 Å². The first-order valence-electron chi connectivity index (χ1n) is 6.27. The number of hydrogen-bond acceptors (Lipinski definition) is 3. The predicted molar refractivity (Wildman–Crippen MR) is 75.3 cm³/mol. The molecule has 0 amide bonds. The average Bonchev–Trinajstić information content (AvgIpc) is 2.46. The minimum Gasteiger partial charge on any atom is -0.367 e. The maximum Gasteiger partial charge on any atom is 0.0432 e. The summed E-state index contributed by atoms with van der Waals surface area (Å²) >= 11 is 0. The van der Waals surface area contributed by atoms with E-state index in [-0.39, 0.29) is 0 Å². The first-order chi connectivity index (χ1) is 8.85. The van der Waals surface area contributed by atoms with Crippen LogP contribution in [-0.2, 0) is 13.1 Å². The minimum atomic E-state index is 0.587. The van der Waals surface area contributed by atoms with E-state index in [4.69, 9.17) is 5.73 Å². The number of pyridine rings is 1. The maximum atomic E-state index is 5.78. The van der Waals surface area contributed by atoms with Crippen LogP contribution in [0, 0.1) is 0 Å². The smallest absolute Gasteiger partial charge is 0.0432 e. The zero-order valence-electron chi connectivity index (χ0n) is 10.7. The van der Waals surface area contributed by atoms with Crippen LogP contribution in [0.5, 0.6) is 0 Å². The lowest BCUT2D eigenvalue weighted by atomic mass is 10.1. The Morgan fingerprint density at radius 2 is 1.72 bits per heavy atom. The van der Waals surface area contributed by atoms with E-state index < -0.39 is 0 Å². The topological polar surface area (TPSA) is 42.1 Å². The Balaban J connectivity index is 2.21. The van der Waals surface area contributed by atoms with E-state index in [1.54, 1.807) is 0 Å². The third-order valence-corrected chi connectivity index (χ3v) is 3.11. The van der Waals surface area contributed by atoms with Gasteiger partial charge in [-0.1, -0.05) is 24.3 Å². The van der Waals surface area contributed by atoms with Crippen molar-refractivity contribution < 1.29 is 0 Å². The van der Waals surface area contributed by atoms with E-state index in [0.717, 1.165) is 13.1 Å². The van der Waals surface area contributed by atoms with E-state index >= 15 is 0 Å². The summed E-state index contributed by atoms with van der Waals surface area (Å²) < 4.78 is 0. The summed E-state index contributed by atoms with van der Waals surface area (Å²) in [5.41, 5.74) is 9.48. The highest BCUT2D eigenvalue weighted by atomic mass is 15.1. The standard InChI is InChI=1S/C15H19N3/c1-2-18(15-7-9-17-10-8-15)12-14-6-4-3-5-13(14)11-16/h3-10H,2,11-12,16H2,1H3. The summed E-state index contributed by atoms with van der Waals surface area (Å²) in [7, 11) is 0. The normalized spacial score (nSPS) is 10.3. The largest absolute Gasteiger partial charge is 0.367 e. The molecule has 0 aliphatic heterocycles. The number of aromatic nitrogens is 1. The summed E-state index contributed by atoms with van der Waals surface area (Å²) in [6.45, 7) is 4.59.